The van der Waals surface area contributed by atoms with E-state index in [1.54, 1.807) is 6.07 Å². The first-order valence-electron chi connectivity index (χ1n) is 7.13. The number of hydrogen-bond donors (Lipinski definition) is 0. The van der Waals surface area contributed by atoms with Gasteiger partial charge in [0.15, 0.2) is 0 Å². The van der Waals surface area contributed by atoms with Gasteiger partial charge in [-0.05, 0) is 42.3 Å². The second-order valence-corrected chi connectivity index (χ2v) is 6.15. The van der Waals surface area contributed by atoms with E-state index in [1.165, 1.54) is 7.11 Å². The molecule has 0 atom stereocenters. The van der Waals surface area contributed by atoms with E-state index in [2.05, 4.69) is 0 Å². The van der Waals surface area contributed by atoms with Crippen molar-refractivity contribution in [3.8, 4) is 0 Å². The number of aromatic nitrogens is 1. The van der Waals surface area contributed by atoms with Crippen LogP contribution in [0.5, 0.6) is 0 Å². The fourth-order valence-corrected chi connectivity index (χ4v) is 3.30. The Morgan fingerprint density at radius 1 is 1.22 bits per heavy atom. The number of ether oxygens (including phenoxy) is 1. The first kappa shape index (κ1) is 15.9. The van der Waals surface area contributed by atoms with Gasteiger partial charge in [0.05, 0.1) is 18.2 Å². The minimum atomic E-state index is -0.334. The molecule has 0 saturated carbocycles. The lowest BCUT2D eigenvalue weighted by Crippen LogP contribution is -2.02. The van der Waals surface area contributed by atoms with Gasteiger partial charge in [-0.3, -0.25) is 0 Å². The molecule has 0 saturated heterocycles. The van der Waals surface area contributed by atoms with E-state index in [4.69, 9.17) is 27.9 Å². The highest BCUT2D eigenvalue weighted by atomic mass is 35.5. The molecular weight excluding hydrogens is 333 g/mol. The molecule has 0 radical (unpaired) electrons. The van der Waals surface area contributed by atoms with Crippen molar-refractivity contribution in [2.75, 3.05) is 7.11 Å². The molecule has 0 fully saturated rings. The molecule has 0 bridgehead atoms. The van der Waals surface area contributed by atoms with Crippen LogP contribution in [0.25, 0.3) is 5.52 Å². The number of carbonyl (C=O) groups is 1. The summed E-state index contributed by atoms with van der Waals surface area (Å²) in [5.74, 6) is -0.334. The second-order valence-electron chi connectivity index (χ2n) is 5.31. The van der Waals surface area contributed by atoms with Crippen LogP contribution in [0.3, 0.4) is 0 Å². The average molecular weight is 348 g/mol. The summed E-state index contributed by atoms with van der Waals surface area (Å²) in [4.78, 5) is 12.1. The van der Waals surface area contributed by atoms with Gasteiger partial charge in [-0.25, -0.2) is 4.79 Å². The molecule has 3 rings (SSSR count). The Morgan fingerprint density at radius 3 is 2.70 bits per heavy atom. The maximum atomic E-state index is 12.1. The lowest BCUT2D eigenvalue weighted by molar-refractivity contribution is 0.0602. The zero-order chi connectivity index (χ0) is 16.6. The van der Waals surface area contributed by atoms with Crippen molar-refractivity contribution in [1.29, 1.82) is 0 Å². The van der Waals surface area contributed by atoms with Crippen LogP contribution < -0.4 is 0 Å². The molecule has 2 heterocycles. The van der Waals surface area contributed by atoms with Crippen LogP contribution in [0.15, 0.2) is 42.6 Å². The summed E-state index contributed by atoms with van der Waals surface area (Å²) >= 11 is 12.3. The number of benzene rings is 1. The molecule has 0 N–H and O–H groups in total. The number of rotatable bonds is 3. The number of fused-ring (bicyclic) bond motifs is 1. The highest BCUT2D eigenvalue weighted by Crippen LogP contribution is 2.29. The minimum Gasteiger partial charge on any atom is -0.465 e. The average Bonchev–Trinajstić information content (AvgIpc) is 2.81. The molecule has 0 aliphatic rings. The third-order valence-electron chi connectivity index (χ3n) is 3.98. The number of esters is 1. The standard InChI is InChI=1S/C18H15Cl2NO2/c1-11-16(9-12-6-7-13(19)10-14(12)20)21-8-4-3-5-15(21)17(11)18(22)23-2/h3-8,10H,9H2,1-2H3. The molecule has 0 amide bonds. The molecule has 0 unspecified atom stereocenters. The Hall–Kier alpha value is -1.97. The predicted molar refractivity (Wildman–Crippen MR) is 92.7 cm³/mol. The Bertz CT molecular complexity index is 899. The lowest BCUT2D eigenvalue weighted by Gasteiger charge is -2.07. The molecule has 1 aromatic carbocycles. The van der Waals surface area contributed by atoms with Crippen LogP contribution in [0.1, 0.15) is 27.2 Å². The summed E-state index contributed by atoms with van der Waals surface area (Å²) in [6.07, 6.45) is 2.54. The summed E-state index contributed by atoms with van der Waals surface area (Å²) in [6, 6.07) is 11.2. The van der Waals surface area contributed by atoms with Gasteiger partial charge in [-0.2, -0.15) is 0 Å². The van der Waals surface area contributed by atoms with Crippen LogP contribution in [-0.4, -0.2) is 17.5 Å². The zero-order valence-corrected chi connectivity index (χ0v) is 14.3. The molecule has 5 heteroatoms. The summed E-state index contributed by atoms with van der Waals surface area (Å²) in [5.41, 5.74) is 4.28. The molecule has 3 nitrogen and oxygen atoms in total. The molecule has 0 spiro atoms. The summed E-state index contributed by atoms with van der Waals surface area (Å²) in [7, 11) is 1.39. The maximum absolute atomic E-state index is 12.1. The molecule has 0 aliphatic heterocycles. The number of methoxy groups -OCH3 is 1. The molecule has 118 valence electrons. The largest absolute Gasteiger partial charge is 0.465 e. The van der Waals surface area contributed by atoms with Gasteiger partial charge in [0.25, 0.3) is 0 Å². The smallest absolute Gasteiger partial charge is 0.340 e. The molecule has 2 aromatic heterocycles. The molecule has 23 heavy (non-hydrogen) atoms. The highest BCUT2D eigenvalue weighted by molar-refractivity contribution is 6.35. The van der Waals surface area contributed by atoms with E-state index < -0.39 is 0 Å². The molecule has 3 aromatic rings. The highest BCUT2D eigenvalue weighted by Gasteiger charge is 2.21. The van der Waals surface area contributed by atoms with Crippen molar-refractivity contribution in [2.24, 2.45) is 0 Å². The molecule has 0 aliphatic carbocycles. The second kappa shape index (κ2) is 6.26. The fourth-order valence-electron chi connectivity index (χ4n) is 2.82. The number of carbonyl (C=O) groups excluding carboxylic acids is 1. The fraction of sp³-hybridized carbons (Fsp3) is 0.167. The van der Waals surface area contributed by atoms with Crippen molar-refractivity contribution in [2.45, 2.75) is 13.3 Å². The molecular formula is C18H15Cl2NO2. The van der Waals surface area contributed by atoms with Gasteiger partial charge in [0, 0.05) is 28.4 Å². The quantitative estimate of drug-likeness (QED) is 0.628. The van der Waals surface area contributed by atoms with E-state index >= 15 is 0 Å². The SMILES string of the molecule is COC(=O)c1c(C)c(Cc2ccc(Cl)cc2Cl)n2ccccc12. The topological polar surface area (TPSA) is 30.7 Å². The van der Waals surface area contributed by atoms with Crippen molar-refractivity contribution < 1.29 is 9.53 Å². The Balaban J connectivity index is 2.17. The first-order valence-corrected chi connectivity index (χ1v) is 7.89. The summed E-state index contributed by atoms with van der Waals surface area (Å²) < 4.78 is 6.94. The van der Waals surface area contributed by atoms with Gasteiger partial charge >= 0.3 is 5.97 Å². The van der Waals surface area contributed by atoms with Crippen LogP contribution in [0, 0.1) is 6.92 Å². The maximum Gasteiger partial charge on any atom is 0.340 e. The Labute approximate surface area is 144 Å². The van der Waals surface area contributed by atoms with Crippen LogP contribution >= 0.6 is 23.2 Å². The van der Waals surface area contributed by atoms with Crippen molar-refractivity contribution in [1.82, 2.24) is 4.40 Å². The van der Waals surface area contributed by atoms with E-state index in [-0.39, 0.29) is 5.97 Å². The third kappa shape index (κ3) is 2.82. The predicted octanol–water partition coefficient (Wildman–Crippen LogP) is 4.93. The van der Waals surface area contributed by atoms with Crippen molar-refractivity contribution in [3.63, 3.8) is 0 Å². The van der Waals surface area contributed by atoms with Crippen LogP contribution in [0.2, 0.25) is 10.0 Å². The van der Waals surface area contributed by atoms with Crippen LogP contribution in [-0.2, 0) is 11.2 Å². The normalized spacial score (nSPS) is 11.0. The van der Waals surface area contributed by atoms with Gasteiger partial charge in [0.1, 0.15) is 0 Å². The van der Waals surface area contributed by atoms with Gasteiger partial charge in [-0.15, -0.1) is 0 Å². The summed E-state index contributed by atoms with van der Waals surface area (Å²) in [5, 5.41) is 1.22. The summed E-state index contributed by atoms with van der Waals surface area (Å²) in [6.45, 7) is 1.93. The number of pyridine rings is 1. The Morgan fingerprint density at radius 2 is 2.00 bits per heavy atom. The van der Waals surface area contributed by atoms with Crippen LogP contribution in [0.4, 0.5) is 0 Å². The van der Waals surface area contributed by atoms with E-state index in [1.807, 2.05) is 47.9 Å². The van der Waals surface area contributed by atoms with Crippen molar-refractivity contribution in [3.05, 3.63) is 75.0 Å². The number of hydrogen-bond acceptors (Lipinski definition) is 2. The minimum absolute atomic E-state index is 0.334. The zero-order valence-electron chi connectivity index (χ0n) is 12.8. The van der Waals surface area contributed by atoms with Gasteiger partial charge in [-0.1, -0.05) is 35.3 Å². The Kier molecular flexibility index (Phi) is 4.33. The number of halogens is 2. The lowest BCUT2D eigenvalue weighted by atomic mass is 10.0. The number of nitrogens with zero attached hydrogens (tertiary/aromatic N) is 1. The van der Waals surface area contributed by atoms with E-state index in [9.17, 15) is 4.79 Å². The van der Waals surface area contributed by atoms with E-state index in [0.29, 0.717) is 22.0 Å². The monoisotopic (exact) mass is 347 g/mol. The van der Waals surface area contributed by atoms with Crippen molar-refractivity contribution >= 4 is 34.7 Å². The third-order valence-corrected chi connectivity index (χ3v) is 4.56. The first-order chi connectivity index (χ1) is 11.0. The van der Waals surface area contributed by atoms with Gasteiger partial charge < -0.3 is 9.14 Å². The van der Waals surface area contributed by atoms with E-state index in [0.717, 1.165) is 22.3 Å². The van der Waals surface area contributed by atoms with Gasteiger partial charge in [0.2, 0.25) is 0 Å².